The zero-order chi connectivity index (χ0) is 12.7. The molecule has 5 heteroatoms. The number of hydrogen-bond acceptors (Lipinski definition) is 4. The molecule has 0 saturated heterocycles. The van der Waals surface area contributed by atoms with Gasteiger partial charge in [0.05, 0.1) is 0 Å². The number of nitrogens with zero attached hydrogens (tertiary/aromatic N) is 1. The van der Waals surface area contributed by atoms with Crippen LogP contribution < -0.4 is 15.8 Å². The molecule has 1 unspecified atom stereocenters. The number of nitrogens with two attached hydrogens (primary N) is 1. The van der Waals surface area contributed by atoms with E-state index in [0.29, 0.717) is 18.0 Å². The summed E-state index contributed by atoms with van der Waals surface area (Å²) in [5, 5.41) is 11.1. The molecule has 1 amide bonds. The molecule has 0 aliphatic carbocycles. The fourth-order valence-corrected chi connectivity index (χ4v) is 1.15. The molecule has 1 atom stereocenters. The van der Waals surface area contributed by atoms with Gasteiger partial charge in [-0.2, -0.15) is 5.26 Å². The van der Waals surface area contributed by atoms with E-state index in [1.807, 2.05) is 6.07 Å². The predicted octanol–water partition coefficient (Wildman–Crippen LogP) is 1.12. The Morgan fingerprint density at radius 1 is 1.65 bits per heavy atom. The SMILES string of the molecule is CC(CN)C(=O)Nc1cccc(OCC#N)c1. The summed E-state index contributed by atoms with van der Waals surface area (Å²) in [6.07, 6.45) is 0. The molecule has 3 N–H and O–H groups in total. The maximum Gasteiger partial charge on any atom is 0.228 e. The molecule has 1 rings (SSSR count). The molecule has 0 fully saturated rings. The van der Waals surface area contributed by atoms with Gasteiger partial charge in [-0.05, 0) is 12.1 Å². The Kier molecular flexibility index (Phi) is 4.98. The fourth-order valence-electron chi connectivity index (χ4n) is 1.15. The first kappa shape index (κ1) is 13.0. The number of rotatable bonds is 5. The van der Waals surface area contributed by atoms with E-state index in [0.717, 1.165) is 0 Å². The predicted molar refractivity (Wildman–Crippen MR) is 64.4 cm³/mol. The number of hydrogen-bond donors (Lipinski definition) is 2. The molecular formula is C12H15N3O2. The number of carbonyl (C=O) groups is 1. The van der Waals surface area contributed by atoms with Crippen LogP contribution in [0.3, 0.4) is 0 Å². The highest BCUT2D eigenvalue weighted by Gasteiger charge is 2.10. The zero-order valence-electron chi connectivity index (χ0n) is 9.64. The molecule has 0 aromatic heterocycles. The van der Waals surface area contributed by atoms with Crippen molar-refractivity contribution in [2.24, 2.45) is 11.7 Å². The summed E-state index contributed by atoms with van der Waals surface area (Å²) in [4.78, 5) is 11.6. The second-order valence-corrected chi connectivity index (χ2v) is 3.60. The van der Waals surface area contributed by atoms with E-state index in [1.54, 1.807) is 31.2 Å². The molecule has 0 heterocycles. The Labute approximate surface area is 100 Å². The van der Waals surface area contributed by atoms with E-state index >= 15 is 0 Å². The van der Waals surface area contributed by atoms with Crippen LogP contribution in [0, 0.1) is 17.2 Å². The van der Waals surface area contributed by atoms with Crippen LogP contribution in [0.1, 0.15) is 6.92 Å². The van der Waals surface area contributed by atoms with Crippen molar-refractivity contribution in [3.63, 3.8) is 0 Å². The number of nitriles is 1. The first-order valence-corrected chi connectivity index (χ1v) is 5.28. The van der Waals surface area contributed by atoms with Crippen molar-refractivity contribution in [1.82, 2.24) is 0 Å². The molecule has 0 bridgehead atoms. The van der Waals surface area contributed by atoms with E-state index in [2.05, 4.69) is 5.32 Å². The second kappa shape index (κ2) is 6.51. The highest BCUT2D eigenvalue weighted by molar-refractivity contribution is 5.92. The largest absolute Gasteiger partial charge is 0.479 e. The monoisotopic (exact) mass is 233 g/mol. The molecular weight excluding hydrogens is 218 g/mol. The Hall–Kier alpha value is -2.06. The van der Waals surface area contributed by atoms with Crippen molar-refractivity contribution in [3.05, 3.63) is 24.3 Å². The van der Waals surface area contributed by atoms with Crippen LogP contribution >= 0.6 is 0 Å². The van der Waals surface area contributed by atoms with Gasteiger partial charge >= 0.3 is 0 Å². The molecule has 5 nitrogen and oxygen atoms in total. The van der Waals surface area contributed by atoms with Crippen molar-refractivity contribution in [3.8, 4) is 11.8 Å². The summed E-state index contributed by atoms with van der Waals surface area (Å²) >= 11 is 0. The lowest BCUT2D eigenvalue weighted by atomic mass is 10.1. The molecule has 0 aliphatic rings. The summed E-state index contributed by atoms with van der Waals surface area (Å²) < 4.78 is 5.13. The summed E-state index contributed by atoms with van der Waals surface area (Å²) in [6.45, 7) is 2.04. The van der Waals surface area contributed by atoms with E-state index in [-0.39, 0.29) is 18.4 Å². The average molecular weight is 233 g/mol. The highest BCUT2D eigenvalue weighted by atomic mass is 16.5. The number of anilines is 1. The first-order chi connectivity index (χ1) is 8.17. The molecule has 0 radical (unpaired) electrons. The van der Waals surface area contributed by atoms with Crippen LogP contribution in [0.5, 0.6) is 5.75 Å². The van der Waals surface area contributed by atoms with Crippen LogP contribution in [0.15, 0.2) is 24.3 Å². The number of nitrogens with one attached hydrogen (secondary N) is 1. The minimum Gasteiger partial charge on any atom is -0.479 e. The summed E-state index contributed by atoms with van der Waals surface area (Å²) in [7, 11) is 0. The summed E-state index contributed by atoms with van der Waals surface area (Å²) in [5.41, 5.74) is 6.03. The van der Waals surface area contributed by atoms with E-state index in [9.17, 15) is 4.79 Å². The number of benzene rings is 1. The smallest absolute Gasteiger partial charge is 0.228 e. The van der Waals surface area contributed by atoms with Crippen LogP contribution in [0.4, 0.5) is 5.69 Å². The fraction of sp³-hybridized carbons (Fsp3) is 0.333. The van der Waals surface area contributed by atoms with Gasteiger partial charge in [0.2, 0.25) is 5.91 Å². The van der Waals surface area contributed by atoms with Gasteiger partial charge in [-0.3, -0.25) is 4.79 Å². The van der Waals surface area contributed by atoms with Crippen LogP contribution in [0.2, 0.25) is 0 Å². The van der Waals surface area contributed by atoms with Crippen molar-refractivity contribution in [2.45, 2.75) is 6.92 Å². The van der Waals surface area contributed by atoms with E-state index in [4.69, 9.17) is 15.7 Å². The van der Waals surface area contributed by atoms with Crippen molar-refractivity contribution >= 4 is 11.6 Å². The van der Waals surface area contributed by atoms with Gasteiger partial charge in [-0.1, -0.05) is 13.0 Å². The topological polar surface area (TPSA) is 88.1 Å². The third-order valence-electron chi connectivity index (χ3n) is 2.21. The molecule has 17 heavy (non-hydrogen) atoms. The summed E-state index contributed by atoms with van der Waals surface area (Å²) in [6, 6.07) is 8.76. The van der Waals surface area contributed by atoms with Gasteiger partial charge in [0.1, 0.15) is 11.8 Å². The molecule has 1 aromatic carbocycles. The van der Waals surface area contributed by atoms with Crippen LogP contribution in [0.25, 0.3) is 0 Å². The van der Waals surface area contributed by atoms with Gasteiger partial charge in [-0.25, -0.2) is 0 Å². The number of amides is 1. The molecule has 0 saturated carbocycles. The van der Waals surface area contributed by atoms with Crippen molar-refractivity contribution < 1.29 is 9.53 Å². The Morgan fingerprint density at radius 3 is 3.06 bits per heavy atom. The Balaban J connectivity index is 2.66. The maximum absolute atomic E-state index is 11.6. The first-order valence-electron chi connectivity index (χ1n) is 5.28. The van der Waals surface area contributed by atoms with Gasteiger partial charge in [-0.15, -0.1) is 0 Å². The summed E-state index contributed by atoms with van der Waals surface area (Å²) in [5.74, 6) is 0.174. The Bertz CT molecular complexity index is 426. The minimum atomic E-state index is -0.237. The standard InChI is InChI=1S/C12H15N3O2/c1-9(8-14)12(16)15-10-3-2-4-11(7-10)17-6-5-13/h2-4,7,9H,6,8,14H2,1H3,(H,15,16). The highest BCUT2D eigenvalue weighted by Crippen LogP contribution is 2.17. The van der Waals surface area contributed by atoms with Crippen molar-refractivity contribution in [1.29, 1.82) is 5.26 Å². The van der Waals surface area contributed by atoms with Gasteiger partial charge in [0.15, 0.2) is 6.61 Å². The third kappa shape index (κ3) is 4.13. The lowest BCUT2D eigenvalue weighted by molar-refractivity contribution is -0.119. The van der Waals surface area contributed by atoms with E-state index < -0.39 is 0 Å². The third-order valence-corrected chi connectivity index (χ3v) is 2.21. The Morgan fingerprint density at radius 2 is 2.41 bits per heavy atom. The minimum absolute atomic E-state index is 0.0173. The lowest BCUT2D eigenvalue weighted by Crippen LogP contribution is -2.26. The molecule has 90 valence electrons. The van der Waals surface area contributed by atoms with Gasteiger partial charge in [0, 0.05) is 24.2 Å². The lowest BCUT2D eigenvalue weighted by Gasteiger charge is -2.10. The van der Waals surface area contributed by atoms with E-state index in [1.165, 1.54) is 0 Å². The average Bonchev–Trinajstić information content (AvgIpc) is 2.35. The number of ether oxygens (including phenoxy) is 1. The van der Waals surface area contributed by atoms with Crippen molar-refractivity contribution in [2.75, 3.05) is 18.5 Å². The molecule has 0 aliphatic heterocycles. The van der Waals surface area contributed by atoms with Gasteiger partial charge in [0.25, 0.3) is 0 Å². The van der Waals surface area contributed by atoms with Crippen LogP contribution in [-0.2, 0) is 4.79 Å². The quantitative estimate of drug-likeness (QED) is 0.797. The normalized spacial score (nSPS) is 11.4. The second-order valence-electron chi connectivity index (χ2n) is 3.60. The van der Waals surface area contributed by atoms with Gasteiger partial charge < -0.3 is 15.8 Å². The zero-order valence-corrected chi connectivity index (χ0v) is 9.64. The van der Waals surface area contributed by atoms with Crippen LogP contribution in [-0.4, -0.2) is 19.1 Å². The maximum atomic E-state index is 11.6. The number of carbonyl (C=O) groups excluding carboxylic acids is 1. The molecule has 1 aromatic rings. The molecule has 0 spiro atoms.